The summed E-state index contributed by atoms with van der Waals surface area (Å²) in [4.78, 5) is 50.7. The van der Waals surface area contributed by atoms with Crippen LogP contribution in [0.2, 0.25) is 0 Å². The van der Waals surface area contributed by atoms with Crippen LogP contribution in [0.1, 0.15) is 51.9 Å². The number of nitrogens with one attached hydrogen (secondary N) is 1. The van der Waals surface area contributed by atoms with E-state index in [0.29, 0.717) is 45.1 Å². The Labute approximate surface area is 178 Å². The summed E-state index contributed by atoms with van der Waals surface area (Å²) in [6.45, 7) is 1.10. The second-order valence-electron chi connectivity index (χ2n) is 8.80. The lowest BCUT2D eigenvalue weighted by molar-refractivity contribution is -0.321. The maximum Gasteiger partial charge on any atom is 0.522 e. The van der Waals surface area contributed by atoms with Gasteiger partial charge in [0, 0.05) is 30.3 Å². The average Bonchev–Trinajstić information content (AvgIpc) is 3.01. The Balaban J connectivity index is 1.81. The largest absolute Gasteiger partial charge is 0.522 e. The number of ether oxygens (including phenoxy) is 1. The Morgan fingerprint density at radius 2 is 1.97 bits per heavy atom. The van der Waals surface area contributed by atoms with Gasteiger partial charge in [-0.25, -0.2) is 0 Å². The van der Waals surface area contributed by atoms with Crippen molar-refractivity contribution >= 4 is 23.4 Å². The van der Waals surface area contributed by atoms with Crippen molar-refractivity contribution in [2.75, 3.05) is 13.2 Å². The Hall–Kier alpha value is -2.01. The topological polar surface area (TPSA) is 119 Å². The predicted octanol–water partition coefficient (Wildman–Crippen LogP) is 1.06. The van der Waals surface area contributed by atoms with Crippen molar-refractivity contribution < 1.29 is 37.1 Å². The number of primary amides is 1. The monoisotopic (exact) mass is 447 g/mol. The number of rotatable bonds is 10. The molecule has 1 saturated carbocycles. The van der Waals surface area contributed by atoms with Crippen molar-refractivity contribution in [2.24, 2.45) is 17.6 Å². The number of likely N-dealkylation sites (tertiary alicyclic amines) is 1. The minimum Gasteiger partial charge on any atom is -0.368 e. The van der Waals surface area contributed by atoms with E-state index in [-0.39, 0.29) is 24.0 Å². The van der Waals surface area contributed by atoms with Crippen LogP contribution < -0.4 is 11.1 Å². The molecule has 0 unspecified atom stereocenters. The third-order valence-corrected chi connectivity index (χ3v) is 6.75. The Morgan fingerprint density at radius 3 is 2.48 bits per heavy atom. The number of hydrogen-bond acceptors (Lipinski definition) is 6. The maximum atomic E-state index is 12.8. The summed E-state index contributed by atoms with van der Waals surface area (Å²) in [5.41, 5.74) is 4.86. The van der Waals surface area contributed by atoms with Gasteiger partial charge in [-0.15, -0.1) is 13.2 Å². The lowest BCUT2D eigenvalue weighted by Gasteiger charge is -2.66. The average molecular weight is 447 g/mol. The summed E-state index contributed by atoms with van der Waals surface area (Å²) in [6.07, 6.45) is -2.21. The van der Waals surface area contributed by atoms with Gasteiger partial charge in [-0.1, -0.05) is 6.92 Å². The first-order chi connectivity index (χ1) is 14.5. The predicted molar refractivity (Wildman–Crippen MR) is 101 cm³/mol. The molecule has 3 aliphatic rings. The fourth-order valence-corrected chi connectivity index (χ4v) is 5.27. The molecule has 0 aromatic carbocycles. The molecule has 1 aliphatic carbocycles. The number of carbonyl (C=O) groups is 4. The number of carbonyl (C=O) groups excluding carboxylic acids is 4. The Kier molecular flexibility index (Phi) is 6.75. The van der Waals surface area contributed by atoms with Crippen molar-refractivity contribution in [2.45, 2.75) is 75.9 Å². The van der Waals surface area contributed by atoms with E-state index in [1.807, 2.05) is 6.92 Å². The van der Waals surface area contributed by atoms with E-state index in [9.17, 15) is 32.3 Å². The Bertz CT molecular complexity index is 751. The molecule has 3 fully saturated rings. The number of Topliss-reactive ketones (excluding diaryl/α,β-unsaturated/α-hetero) is 2. The minimum atomic E-state index is -4.98. The summed E-state index contributed by atoms with van der Waals surface area (Å²) in [5.74, 6) is -2.46. The van der Waals surface area contributed by atoms with Crippen LogP contribution in [0.5, 0.6) is 0 Å². The molecule has 2 heterocycles. The number of ketones is 2. The fourth-order valence-electron chi connectivity index (χ4n) is 5.27. The summed E-state index contributed by atoms with van der Waals surface area (Å²) < 4.78 is 41.3. The van der Waals surface area contributed by atoms with Gasteiger partial charge >= 0.3 is 6.36 Å². The summed E-state index contributed by atoms with van der Waals surface area (Å²) >= 11 is 0. The summed E-state index contributed by atoms with van der Waals surface area (Å²) in [7, 11) is 0. The molecule has 3 atom stereocenters. The van der Waals surface area contributed by atoms with E-state index < -0.39 is 48.2 Å². The van der Waals surface area contributed by atoms with Crippen LogP contribution in [0.3, 0.4) is 0 Å². The van der Waals surface area contributed by atoms with E-state index in [1.165, 1.54) is 0 Å². The molecule has 2 amide bonds. The highest BCUT2D eigenvalue weighted by Gasteiger charge is 2.64. The van der Waals surface area contributed by atoms with Gasteiger partial charge in [0.1, 0.15) is 12.4 Å². The van der Waals surface area contributed by atoms with Crippen molar-refractivity contribution in [3.05, 3.63) is 0 Å². The molecular formula is C20H28F3N3O5. The van der Waals surface area contributed by atoms with Gasteiger partial charge in [0.25, 0.3) is 0 Å². The molecule has 3 N–H and O–H groups in total. The quantitative estimate of drug-likeness (QED) is 0.517. The second kappa shape index (κ2) is 8.85. The molecule has 1 spiro atoms. The first kappa shape index (κ1) is 23.6. The molecule has 11 heteroatoms. The molecule has 2 aliphatic heterocycles. The zero-order valence-electron chi connectivity index (χ0n) is 17.4. The summed E-state index contributed by atoms with van der Waals surface area (Å²) in [5, 5.41) is 2.65. The standard InChI is InChI=1S/C20H28F3N3O5/c1-2-3-15(27)12-7-19(8-12)9-14(17(24)29)26(19)13(6-11-4-5-25-18(11)30)16(28)10-31-20(21,22)23/h11-14H,2-10H2,1H3,(H2,24,29)(H,25,30)/t11-,12?,13-,14-,19?/m0/s1. The number of nitrogens with zero attached hydrogens (tertiary/aromatic N) is 1. The highest BCUT2D eigenvalue weighted by Crippen LogP contribution is 2.55. The SMILES string of the molecule is CCCC(=O)C1CC2(C1)C[C@@H](C(N)=O)N2[C@@H](C[C@@H]1CCNC1=O)C(=O)COC(F)(F)F. The van der Waals surface area contributed by atoms with Crippen LogP contribution in [0.25, 0.3) is 0 Å². The molecule has 8 nitrogen and oxygen atoms in total. The molecule has 0 aromatic rings. The smallest absolute Gasteiger partial charge is 0.368 e. The van der Waals surface area contributed by atoms with Crippen molar-refractivity contribution in [3.63, 3.8) is 0 Å². The molecule has 0 aromatic heterocycles. The Morgan fingerprint density at radius 1 is 1.29 bits per heavy atom. The van der Waals surface area contributed by atoms with Gasteiger partial charge in [-0.2, -0.15) is 0 Å². The van der Waals surface area contributed by atoms with E-state index >= 15 is 0 Å². The van der Waals surface area contributed by atoms with Gasteiger partial charge in [-0.05, 0) is 38.5 Å². The number of hydrogen-bond donors (Lipinski definition) is 2. The van der Waals surface area contributed by atoms with Gasteiger partial charge in [-0.3, -0.25) is 28.8 Å². The highest BCUT2D eigenvalue weighted by molar-refractivity contribution is 5.90. The van der Waals surface area contributed by atoms with Crippen LogP contribution in [0, 0.1) is 11.8 Å². The van der Waals surface area contributed by atoms with Crippen LogP contribution in [0.15, 0.2) is 0 Å². The van der Waals surface area contributed by atoms with Gasteiger partial charge in [0.2, 0.25) is 11.8 Å². The van der Waals surface area contributed by atoms with E-state index in [1.54, 1.807) is 4.90 Å². The van der Waals surface area contributed by atoms with Crippen molar-refractivity contribution in [1.29, 1.82) is 0 Å². The molecule has 3 rings (SSSR count). The van der Waals surface area contributed by atoms with Crippen molar-refractivity contribution in [3.8, 4) is 0 Å². The number of amides is 2. The molecular weight excluding hydrogens is 419 g/mol. The van der Waals surface area contributed by atoms with Gasteiger partial charge in [0.15, 0.2) is 5.78 Å². The molecule has 0 radical (unpaired) electrons. The number of halogens is 3. The zero-order chi connectivity index (χ0) is 23.0. The minimum absolute atomic E-state index is 0.0228. The molecule has 31 heavy (non-hydrogen) atoms. The van der Waals surface area contributed by atoms with E-state index in [2.05, 4.69) is 10.1 Å². The number of alkyl halides is 3. The third kappa shape index (κ3) is 4.92. The zero-order valence-corrected chi connectivity index (χ0v) is 17.4. The lowest BCUT2D eigenvalue weighted by Crippen LogP contribution is -2.78. The van der Waals surface area contributed by atoms with Crippen LogP contribution in [0.4, 0.5) is 13.2 Å². The highest BCUT2D eigenvalue weighted by atomic mass is 19.4. The second-order valence-corrected chi connectivity index (χ2v) is 8.80. The van der Waals surface area contributed by atoms with E-state index in [0.717, 1.165) is 0 Å². The molecule has 174 valence electrons. The van der Waals surface area contributed by atoms with Crippen LogP contribution in [-0.4, -0.2) is 65.4 Å². The maximum absolute atomic E-state index is 12.8. The van der Waals surface area contributed by atoms with Crippen molar-refractivity contribution in [1.82, 2.24) is 10.2 Å². The number of nitrogens with two attached hydrogens (primary N) is 1. The third-order valence-electron chi connectivity index (χ3n) is 6.75. The molecule has 2 saturated heterocycles. The fraction of sp³-hybridized carbons (Fsp3) is 0.800. The lowest BCUT2D eigenvalue weighted by atomic mass is 9.56. The van der Waals surface area contributed by atoms with E-state index in [4.69, 9.17) is 5.73 Å². The van der Waals surface area contributed by atoms with Gasteiger partial charge < -0.3 is 11.1 Å². The molecule has 0 bridgehead atoms. The normalized spacial score (nSPS) is 31.6. The van der Waals surface area contributed by atoms with Crippen LogP contribution >= 0.6 is 0 Å². The first-order valence-electron chi connectivity index (χ1n) is 10.6. The first-order valence-corrected chi connectivity index (χ1v) is 10.6. The van der Waals surface area contributed by atoms with Crippen LogP contribution in [-0.2, 0) is 23.9 Å². The van der Waals surface area contributed by atoms with Gasteiger partial charge in [0.05, 0.1) is 12.1 Å². The summed E-state index contributed by atoms with van der Waals surface area (Å²) in [6, 6.07) is -1.95.